The molecule has 1 heterocycles. The van der Waals surface area contributed by atoms with E-state index in [1.807, 2.05) is 0 Å². The number of aromatic nitrogens is 2. The first kappa shape index (κ1) is 11.5. The fourth-order valence-corrected chi connectivity index (χ4v) is 1.82. The maximum absolute atomic E-state index is 9.25. The minimum atomic E-state index is -0.515. The highest BCUT2D eigenvalue weighted by Crippen LogP contribution is 2.32. The van der Waals surface area contributed by atoms with Crippen molar-refractivity contribution in [1.29, 1.82) is 5.26 Å². The average molecular weight is 248 g/mol. The van der Waals surface area contributed by atoms with Crippen molar-refractivity contribution in [2.75, 3.05) is 7.11 Å². The number of nitriles is 1. The van der Waals surface area contributed by atoms with Gasteiger partial charge in [-0.05, 0) is 18.2 Å². The van der Waals surface area contributed by atoms with Crippen molar-refractivity contribution in [3.8, 4) is 11.8 Å². The van der Waals surface area contributed by atoms with E-state index in [2.05, 4.69) is 16.0 Å². The van der Waals surface area contributed by atoms with Gasteiger partial charge in [0.2, 0.25) is 0 Å². The molecule has 0 saturated heterocycles. The molecule has 0 amide bonds. The molecule has 0 spiro atoms. The van der Waals surface area contributed by atoms with Gasteiger partial charge in [-0.25, -0.2) is 4.98 Å². The predicted molar refractivity (Wildman–Crippen MR) is 64.0 cm³/mol. The van der Waals surface area contributed by atoms with Crippen LogP contribution >= 0.6 is 11.6 Å². The summed E-state index contributed by atoms with van der Waals surface area (Å²) in [4.78, 5) is 7.02. The molecular formula is C12H10ClN3O. The van der Waals surface area contributed by atoms with E-state index >= 15 is 0 Å². The van der Waals surface area contributed by atoms with Gasteiger partial charge in [0.1, 0.15) is 17.5 Å². The van der Waals surface area contributed by atoms with Crippen LogP contribution in [0, 0.1) is 11.3 Å². The lowest BCUT2D eigenvalue weighted by Gasteiger charge is -2.12. The first-order valence-corrected chi connectivity index (χ1v) is 5.36. The number of halogens is 1. The molecule has 0 fully saturated rings. The summed E-state index contributed by atoms with van der Waals surface area (Å²) >= 11 is 5.94. The van der Waals surface area contributed by atoms with Crippen LogP contribution in [-0.2, 0) is 0 Å². The Morgan fingerprint density at radius 1 is 1.53 bits per heavy atom. The standard InChI is InChI=1S/C12H10ClN3O/c1-17-11-3-2-8(13)6-9(11)10(7-14)12-15-4-5-16-12/h2-6,10H,1H3,(H,15,16). The highest BCUT2D eigenvalue weighted by Gasteiger charge is 2.20. The molecule has 0 aliphatic rings. The SMILES string of the molecule is COc1ccc(Cl)cc1C(C#N)c1ncc[nH]1. The van der Waals surface area contributed by atoms with Crippen LogP contribution in [0.4, 0.5) is 0 Å². The Hall–Kier alpha value is -1.99. The van der Waals surface area contributed by atoms with Gasteiger partial charge in [-0.2, -0.15) is 5.26 Å². The van der Waals surface area contributed by atoms with Crippen LogP contribution in [-0.4, -0.2) is 17.1 Å². The molecule has 1 aromatic heterocycles. The van der Waals surface area contributed by atoms with Crippen LogP contribution in [0.25, 0.3) is 0 Å². The summed E-state index contributed by atoms with van der Waals surface area (Å²) in [6, 6.07) is 7.37. The highest BCUT2D eigenvalue weighted by atomic mass is 35.5. The van der Waals surface area contributed by atoms with Gasteiger partial charge in [-0.3, -0.25) is 0 Å². The van der Waals surface area contributed by atoms with Crippen molar-refractivity contribution in [2.45, 2.75) is 5.92 Å². The number of hydrogen-bond acceptors (Lipinski definition) is 3. The highest BCUT2D eigenvalue weighted by molar-refractivity contribution is 6.30. The third-order valence-electron chi connectivity index (χ3n) is 2.42. The van der Waals surface area contributed by atoms with E-state index in [9.17, 15) is 5.26 Å². The zero-order valence-corrected chi connectivity index (χ0v) is 9.90. The number of nitrogens with one attached hydrogen (secondary N) is 1. The Morgan fingerprint density at radius 2 is 2.35 bits per heavy atom. The lowest BCUT2D eigenvalue weighted by molar-refractivity contribution is 0.409. The molecule has 4 nitrogen and oxygen atoms in total. The minimum Gasteiger partial charge on any atom is -0.496 e. The second-order valence-corrected chi connectivity index (χ2v) is 3.86. The number of nitrogens with zero attached hydrogens (tertiary/aromatic N) is 2. The molecule has 86 valence electrons. The normalized spacial score (nSPS) is 11.8. The second-order valence-electron chi connectivity index (χ2n) is 3.42. The zero-order valence-electron chi connectivity index (χ0n) is 9.14. The lowest BCUT2D eigenvalue weighted by Crippen LogP contribution is -2.03. The van der Waals surface area contributed by atoms with Crippen molar-refractivity contribution < 1.29 is 4.74 Å². The van der Waals surface area contributed by atoms with Gasteiger partial charge in [0.05, 0.1) is 13.2 Å². The molecule has 2 rings (SSSR count). The third-order valence-corrected chi connectivity index (χ3v) is 2.66. The number of hydrogen-bond donors (Lipinski definition) is 1. The average Bonchev–Trinajstić information content (AvgIpc) is 2.84. The fourth-order valence-electron chi connectivity index (χ4n) is 1.64. The van der Waals surface area contributed by atoms with E-state index < -0.39 is 5.92 Å². The van der Waals surface area contributed by atoms with E-state index in [-0.39, 0.29) is 0 Å². The molecule has 1 atom stereocenters. The molecule has 2 aromatic rings. The first-order chi connectivity index (χ1) is 8.26. The van der Waals surface area contributed by atoms with E-state index in [1.165, 1.54) is 0 Å². The van der Waals surface area contributed by atoms with E-state index in [1.54, 1.807) is 37.7 Å². The Balaban J connectivity index is 2.51. The van der Waals surface area contributed by atoms with Crippen LogP contribution in [0.15, 0.2) is 30.6 Å². The maximum atomic E-state index is 9.25. The zero-order chi connectivity index (χ0) is 12.3. The van der Waals surface area contributed by atoms with E-state index in [0.717, 1.165) is 0 Å². The van der Waals surface area contributed by atoms with Gasteiger partial charge in [-0.1, -0.05) is 11.6 Å². The molecule has 1 aromatic carbocycles. The third kappa shape index (κ3) is 2.24. The monoisotopic (exact) mass is 247 g/mol. The van der Waals surface area contributed by atoms with Gasteiger partial charge in [-0.15, -0.1) is 0 Å². The van der Waals surface area contributed by atoms with Crippen LogP contribution in [0.1, 0.15) is 17.3 Å². The largest absolute Gasteiger partial charge is 0.496 e. The Kier molecular flexibility index (Phi) is 3.31. The van der Waals surface area contributed by atoms with Crippen molar-refractivity contribution >= 4 is 11.6 Å². The summed E-state index contributed by atoms with van der Waals surface area (Å²) in [7, 11) is 1.56. The molecule has 0 aliphatic heterocycles. The quantitative estimate of drug-likeness (QED) is 0.907. The first-order valence-electron chi connectivity index (χ1n) is 4.98. The summed E-state index contributed by atoms with van der Waals surface area (Å²) in [5.41, 5.74) is 0.706. The molecule has 17 heavy (non-hydrogen) atoms. The number of H-pyrrole nitrogens is 1. The molecule has 0 bridgehead atoms. The molecule has 0 aliphatic carbocycles. The van der Waals surface area contributed by atoms with E-state index in [0.29, 0.717) is 22.2 Å². The maximum Gasteiger partial charge on any atom is 0.133 e. The molecule has 1 N–H and O–H groups in total. The Morgan fingerprint density at radius 3 is 2.94 bits per heavy atom. The van der Waals surface area contributed by atoms with Crippen molar-refractivity contribution in [3.63, 3.8) is 0 Å². The second kappa shape index (κ2) is 4.89. The van der Waals surface area contributed by atoms with Gasteiger partial charge >= 0.3 is 0 Å². The summed E-state index contributed by atoms with van der Waals surface area (Å²) in [5.74, 6) is 0.684. The summed E-state index contributed by atoms with van der Waals surface area (Å²) in [6.45, 7) is 0. The summed E-state index contributed by atoms with van der Waals surface area (Å²) < 4.78 is 5.23. The van der Waals surface area contributed by atoms with Gasteiger partial charge in [0.15, 0.2) is 0 Å². The van der Waals surface area contributed by atoms with Crippen molar-refractivity contribution in [1.82, 2.24) is 9.97 Å². The number of ether oxygens (including phenoxy) is 1. The van der Waals surface area contributed by atoms with Crippen molar-refractivity contribution in [2.24, 2.45) is 0 Å². The van der Waals surface area contributed by atoms with Crippen molar-refractivity contribution in [3.05, 3.63) is 47.0 Å². The number of benzene rings is 1. The molecule has 5 heteroatoms. The topological polar surface area (TPSA) is 61.7 Å². The lowest BCUT2D eigenvalue weighted by atomic mass is 9.99. The minimum absolute atomic E-state index is 0.515. The molecule has 1 unspecified atom stereocenters. The Bertz CT molecular complexity index is 545. The van der Waals surface area contributed by atoms with Gasteiger partial charge in [0.25, 0.3) is 0 Å². The number of aromatic amines is 1. The summed E-state index contributed by atoms with van der Waals surface area (Å²) in [5, 5.41) is 9.82. The van der Waals surface area contributed by atoms with Crippen LogP contribution in [0.5, 0.6) is 5.75 Å². The van der Waals surface area contributed by atoms with Gasteiger partial charge < -0.3 is 9.72 Å². The van der Waals surface area contributed by atoms with Crippen LogP contribution in [0.3, 0.4) is 0 Å². The smallest absolute Gasteiger partial charge is 0.133 e. The number of imidazole rings is 1. The fraction of sp³-hybridized carbons (Fsp3) is 0.167. The number of methoxy groups -OCH3 is 1. The molecule has 0 radical (unpaired) electrons. The van der Waals surface area contributed by atoms with Crippen LogP contribution in [0.2, 0.25) is 5.02 Å². The Labute approximate surface area is 104 Å². The molecule has 0 saturated carbocycles. The summed E-state index contributed by atoms with van der Waals surface area (Å²) in [6.07, 6.45) is 3.29. The van der Waals surface area contributed by atoms with E-state index in [4.69, 9.17) is 16.3 Å². The van der Waals surface area contributed by atoms with Gasteiger partial charge in [0, 0.05) is 23.0 Å². The molecular weight excluding hydrogens is 238 g/mol. The van der Waals surface area contributed by atoms with Crippen LogP contribution < -0.4 is 4.74 Å². The predicted octanol–water partition coefficient (Wildman–Crippen LogP) is 2.73. The number of rotatable bonds is 3.